The summed E-state index contributed by atoms with van der Waals surface area (Å²) in [7, 11) is 0. The Morgan fingerprint density at radius 1 is 1.10 bits per heavy atom. The van der Waals surface area contributed by atoms with Crippen LogP contribution >= 0.6 is 0 Å². The number of hydrogen-bond acceptors (Lipinski definition) is 7. The van der Waals surface area contributed by atoms with Crippen LogP contribution in [0.5, 0.6) is 5.75 Å². The van der Waals surface area contributed by atoms with Crippen molar-refractivity contribution in [2.45, 2.75) is 19.8 Å². The molecule has 0 amide bonds. The fraction of sp³-hybridized carbons (Fsp3) is 0.318. The van der Waals surface area contributed by atoms with Crippen molar-refractivity contribution in [3.63, 3.8) is 0 Å². The van der Waals surface area contributed by atoms with E-state index in [1.807, 2.05) is 43.3 Å². The normalized spacial score (nSPS) is 14.0. The molecule has 30 heavy (non-hydrogen) atoms. The Kier molecular flexibility index (Phi) is 5.94. The largest absolute Gasteiger partial charge is 0.492 e. The zero-order chi connectivity index (χ0) is 20.9. The summed E-state index contributed by atoms with van der Waals surface area (Å²) in [6.45, 7) is 5.93. The number of likely N-dealkylation sites (tertiary alicyclic amines) is 1. The lowest BCUT2D eigenvalue weighted by molar-refractivity contribution is 0.0948. The van der Waals surface area contributed by atoms with Crippen molar-refractivity contribution in [1.82, 2.24) is 19.7 Å². The zero-order valence-corrected chi connectivity index (χ0v) is 17.0. The molecule has 0 aliphatic carbocycles. The van der Waals surface area contributed by atoms with Crippen molar-refractivity contribution in [2.75, 3.05) is 37.3 Å². The minimum atomic E-state index is -0.324. The average Bonchev–Trinajstić information content (AvgIpc) is 3.39. The first-order chi connectivity index (χ1) is 14.6. The van der Waals surface area contributed by atoms with E-state index in [0.717, 1.165) is 28.2 Å². The van der Waals surface area contributed by atoms with Gasteiger partial charge in [0.1, 0.15) is 12.4 Å². The summed E-state index contributed by atoms with van der Waals surface area (Å²) in [5.41, 5.74) is 8.25. The summed E-state index contributed by atoms with van der Waals surface area (Å²) in [5.74, 6) is 0.780. The highest BCUT2D eigenvalue weighted by atomic mass is 16.5. The van der Waals surface area contributed by atoms with Gasteiger partial charge in [0.15, 0.2) is 0 Å². The molecule has 156 valence electrons. The number of ether oxygens (including phenoxy) is 1. The molecule has 2 heterocycles. The van der Waals surface area contributed by atoms with Crippen LogP contribution < -0.4 is 15.8 Å². The second kappa shape index (κ2) is 8.96. The van der Waals surface area contributed by atoms with Crippen molar-refractivity contribution in [2.24, 2.45) is 0 Å². The number of benzene rings is 2. The lowest BCUT2D eigenvalue weighted by Gasteiger charge is -2.15. The second-order valence-corrected chi connectivity index (χ2v) is 7.42. The SMILES string of the molecule is Cc1ccc(C(=O)n2nc(Nc3ccc(OCCN4CCCC4)cc3)nc2N)cc1. The molecule has 1 fully saturated rings. The molecular formula is C22H26N6O2. The van der Waals surface area contributed by atoms with Crippen LogP contribution in [0, 0.1) is 6.92 Å². The fourth-order valence-electron chi connectivity index (χ4n) is 3.41. The number of aryl methyl sites for hydroxylation is 1. The third kappa shape index (κ3) is 4.77. The maximum atomic E-state index is 12.6. The maximum absolute atomic E-state index is 12.6. The van der Waals surface area contributed by atoms with Crippen molar-refractivity contribution in [1.29, 1.82) is 0 Å². The summed E-state index contributed by atoms with van der Waals surface area (Å²) < 4.78 is 6.92. The van der Waals surface area contributed by atoms with Crippen LogP contribution in [0.4, 0.5) is 17.6 Å². The summed E-state index contributed by atoms with van der Waals surface area (Å²) in [6.07, 6.45) is 2.57. The van der Waals surface area contributed by atoms with E-state index in [1.54, 1.807) is 12.1 Å². The molecule has 0 spiro atoms. The molecule has 2 aromatic carbocycles. The highest BCUT2D eigenvalue weighted by Gasteiger charge is 2.16. The van der Waals surface area contributed by atoms with E-state index >= 15 is 0 Å². The zero-order valence-electron chi connectivity index (χ0n) is 17.0. The fourth-order valence-corrected chi connectivity index (χ4v) is 3.41. The van der Waals surface area contributed by atoms with Crippen molar-refractivity contribution in [3.8, 4) is 5.75 Å². The van der Waals surface area contributed by atoms with Crippen LogP contribution in [0.3, 0.4) is 0 Å². The number of aromatic nitrogens is 3. The van der Waals surface area contributed by atoms with Gasteiger partial charge in [0.2, 0.25) is 11.9 Å². The first kappa shape index (κ1) is 19.9. The van der Waals surface area contributed by atoms with Crippen LogP contribution in [0.25, 0.3) is 0 Å². The number of hydrogen-bond donors (Lipinski definition) is 2. The van der Waals surface area contributed by atoms with Crippen molar-refractivity contribution < 1.29 is 9.53 Å². The third-order valence-electron chi connectivity index (χ3n) is 5.11. The van der Waals surface area contributed by atoms with Gasteiger partial charge in [0.05, 0.1) is 0 Å². The van der Waals surface area contributed by atoms with Gasteiger partial charge in [-0.1, -0.05) is 17.7 Å². The number of nitrogens with two attached hydrogens (primary N) is 1. The van der Waals surface area contributed by atoms with E-state index in [1.165, 1.54) is 25.9 Å². The number of anilines is 3. The summed E-state index contributed by atoms with van der Waals surface area (Å²) in [4.78, 5) is 19.2. The Bertz CT molecular complexity index is 991. The van der Waals surface area contributed by atoms with E-state index in [4.69, 9.17) is 10.5 Å². The number of nitrogen functional groups attached to an aromatic ring is 1. The summed E-state index contributed by atoms with van der Waals surface area (Å²) >= 11 is 0. The molecule has 1 saturated heterocycles. The minimum absolute atomic E-state index is 0.0324. The number of nitrogens with zero attached hydrogens (tertiary/aromatic N) is 4. The van der Waals surface area contributed by atoms with Crippen molar-refractivity contribution >= 4 is 23.5 Å². The standard InChI is InChI=1S/C22H26N6O2/c1-16-4-6-17(7-5-16)20(29)28-21(23)25-22(26-28)24-18-8-10-19(11-9-18)30-15-14-27-12-2-3-13-27/h4-11H,2-3,12-15H2,1H3,(H3,23,24,25,26). The number of carbonyl (C=O) groups is 1. The van der Waals surface area contributed by atoms with Gasteiger partial charge in [-0.25, -0.2) is 0 Å². The summed E-state index contributed by atoms with van der Waals surface area (Å²) in [5, 5.41) is 7.27. The quantitative estimate of drug-likeness (QED) is 0.622. The number of carbonyl (C=O) groups excluding carboxylic acids is 1. The van der Waals surface area contributed by atoms with E-state index in [9.17, 15) is 4.79 Å². The van der Waals surface area contributed by atoms with Gasteiger partial charge in [0.25, 0.3) is 5.91 Å². The monoisotopic (exact) mass is 406 g/mol. The van der Waals surface area contributed by atoms with Crippen LogP contribution in [-0.2, 0) is 0 Å². The lowest BCUT2D eigenvalue weighted by atomic mass is 10.1. The highest BCUT2D eigenvalue weighted by Crippen LogP contribution is 2.20. The minimum Gasteiger partial charge on any atom is -0.492 e. The topological polar surface area (TPSA) is 98.3 Å². The van der Waals surface area contributed by atoms with Gasteiger partial charge in [-0.15, -0.1) is 5.10 Å². The molecule has 1 aliphatic heterocycles. The van der Waals surface area contributed by atoms with Crippen molar-refractivity contribution in [3.05, 3.63) is 59.7 Å². The van der Waals surface area contributed by atoms with Crippen LogP contribution in [-0.4, -0.2) is 51.8 Å². The van der Waals surface area contributed by atoms with E-state index in [0.29, 0.717) is 12.2 Å². The molecule has 3 aromatic rings. The Hall–Kier alpha value is -3.39. The molecule has 1 aliphatic rings. The first-order valence-corrected chi connectivity index (χ1v) is 10.1. The number of rotatable bonds is 7. The molecule has 4 rings (SSSR count). The highest BCUT2D eigenvalue weighted by molar-refractivity contribution is 5.96. The van der Waals surface area contributed by atoms with Gasteiger partial charge in [0, 0.05) is 17.8 Å². The van der Waals surface area contributed by atoms with E-state index in [2.05, 4.69) is 20.3 Å². The molecule has 8 heteroatoms. The van der Waals surface area contributed by atoms with Crippen LogP contribution in [0.1, 0.15) is 28.8 Å². The third-order valence-corrected chi connectivity index (χ3v) is 5.11. The predicted molar refractivity (Wildman–Crippen MR) is 116 cm³/mol. The van der Waals surface area contributed by atoms with E-state index in [-0.39, 0.29) is 17.8 Å². The second-order valence-electron chi connectivity index (χ2n) is 7.42. The molecule has 1 aromatic heterocycles. The van der Waals surface area contributed by atoms with Gasteiger partial charge in [-0.05, 0) is 69.3 Å². The average molecular weight is 406 g/mol. The Morgan fingerprint density at radius 3 is 2.50 bits per heavy atom. The molecule has 0 radical (unpaired) electrons. The summed E-state index contributed by atoms with van der Waals surface area (Å²) in [6, 6.07) is 14.8. The van der Waals surface area contributed by atoms with Gasteiger partial charge < -0.3 is 15.8 Å². The Balaban J connectivity index is 1.35. The molecule has 8 nitrogen and oxygen atoms in total. The molecule has 0 unspecified atom stereocenters. The van der Waals surface area contributed by atoms with E-state index < -0.39 is 0 Å². The van der Waals surface area contributed by atoms with Crippen LogP contribution in [0.2, 0.25) is 0 Å². The molecule has 0 saturated carbocycles. The first-order valence-electron chi connectivity index (χ1n) is 10.1. The Labute approximate surface area is 175 Å². The van der Waals surface area contributed by atoms with Gasteiger partial charge >= 0.3 is 0 Å². The lowest BCUT2D eigenvalue weighted by Crippen LogP contribution is -2.25. The smallest absolute Gasteiger partial charge is 0.281 e. The molecular weight excluding hydrogens is 380 g/mol. The van der Waals surface area contributed by atoms with Crippen LogP contribution in [0.15, 0.2) is 48.5 Å². The van der Waals surface area contributed by atoms with Gasteiger partial charge in [-0.3, -0.25) is 9.69 Å². The number of nitrogens with one attached hydrogen (secondary N) is 1. The molecule has 0 bridgehead atoms. The Morgan fingerprint density at radius 2 is 1.80 bits per heavy atom. The molecule has 0 atom stereocenters. The predicted octanol–water partition coefficient (Wildman–Crippen LogP) is 3.08. The molecule has 3 N–H and O–H groups in total. The maximum Gasteiger partial charge on any atom is 0.281 e. The van der Waals surface area contributed by atoms with Gasteiger partial charge in [-0.2, -0.15) is 9.67 Å².